The molecule has 6 bridgehead atoms. The lowest BCUT2D eigenvalue weighted by atomic mass is 9.89. The molecule has 0 aliphatic heterocycles. The Bertz CT molecular complexity index is 569. The SMILES string of the molecule is O=C(O[C@H]1C2C3C4CC=CC[C@@H](C32)C41)c1ccccc1. The number of rotatable bonds is 2. The molecule has 7 atom stereocenters. The smallest absolute Gasteiger partial charge is 0.338 e. The average molecular weight is 266 g/mol. The molecule has 5 unspecified atom stereocenters. The van der Waals surface area contributed by atoms with Crippen molar-refractivity contribution in [2.75, 3.05) is 0 Å². The number of allylic oxidation sites excluding steroid dienone is 2. The van der Waals surface area contributed by atoms with Crippen LogP contribution < -0.4 is 0 Å². The molecule has 0 spiro atoms. The minimum Gasteiger partial charge on any atom is -0.458 e. The lowest BCUT2D eigenvalue weighted by molar-refractivity contribution is 0.0147. The van der Waals surface area contributed by atoms with Crippen molar-refractivity contribution in [2.45, 2.75) is 18.9 Å². The van der Waals surface area contributed by atoms with Gasteiger partial charge in [0.1, 0.15) is 6.10 Å². The predicted molar refractivity (Wildman–Crippen MR) is 75.0 cm³/mol. The monoisotopic (exact) mass is 266 g/mol. The molecule has 1 aromatic rings. The lowest BCUT2D eigenvalue weighted by Crippen LogP contribution is -2.26. The third-order valence-electron chi connectivity index (χ3n) is 6.16. The Hall–Kier alpha value is -1.57. The van der Waals surface area contributed by atoms with Crippen molar-refractivity contribution < 1.29 is 9.53 Å². The lowest BCUT2D eigenvalue weighted by Gasteiger charge is -2.22. The molecule has 102 valence electrons. The first-order valence-corrected chi connectivity index (χ1v) is 7.77. The quantitative estimate of drug-likeness (QED) is 0.606. The van der Waals surface area contributed by atoms with Gasteiger partial charge in [-0.3, -0.25) is 0 Å². The summed E-state index contributed by atoms with van der Waals surface area (Å²) in [5, 5.41) is 0. The Morgan fingerprint density at radius 2 is 1.55 bits per heavy atom. The highest BCUT2D eigenvalue weighted by Gasteiger charge is 2.78. The Morgan fingerprint density at radius 3 is 2.20 bits per heavy atom. The minimum absolute atomic E-state index is 0.126. The van der Waals surface area contributed by atoms with E-state index >= 15 is 0 Å². The molecule has 0 radical (unpaired) electrons. The van der Waals surface area contributed by atoms with Gasteiger partial charge in [0, 0.05) is 11.8 Å². The topological polar surface area (TPSA) is 26.3 Å². The van der Waals surface area contributed by atoms with Crippen molar-refractivity contribution in [3.05, 3.63) is 48.0 Å². The second-order valence-corrected chi connectivity index (χ2v) is 6.82. The Morgan fingerprint density at radius 1 is 0.900 bits per heavy atom. The van der Waals surface area contributed by atoms with Crippen LogP contribution >= 0.6 is 0 Å². The molecule has 0 heterocycles. The van der Waals surface area contributed by atoms with E-state index in [2.05, 4.69) is 12.2 Å². The molecule has 0 amide bonds. The molecule has 1 aromatic carbocycles. The van der Waals surface area contributed by atoms with Crippen LogP contribution in [0.15, 0.2) is 42.5 Å². The first-order chi connectivity index (χ1) is 9.86. The number of carbonyl (C=O) groups is 1. The van der Waals surface area contributed by atoms with Crippen LogP contribution in [0.4, 0.5) is 0 Å². The van der Waals surface area contributed by atoms with Gasteiger partial charge < -0.3 is 4.74 Å². The normalized spacial score (nSPS) is 46.1. The molecule has 6 rings (SSSR count). The van der Waals surface area contributed by atoms with E-state index in [9.17, 15) is 4.79 Å². The molecule has 2 nitrogen and oxygen atoms in total. The fraction of sp³-hybridized carbons (Fsp3) is 0.500. The van der Waals surface area contributed by atoms with Crippen molar-refractivity contribution in [1.82, 2.24) is 0 Å². The van der Waals surface area contributed by atoms with E-state index in [1.165, 1.54) is 12.8 Å². The molecule has 4 saturated carbocycles. The van der Waals surface area contributed by atoms with Gasteiger partial charge in [-0.2, -0.15) is 0 Å². The Kier molecular flexibility index (Phi) is 2.09. The molecular formula is C18H18O2. The molecule has 0 N–H and O–H groups in total. The third-order valence-corrected chi connectivity index (χ3v) is 6.16. The average Bonchev–Trinajstić information content (AvgIpc) is 2.95. The summed E-state index contributed by atoms with van der Waals surface area (Å²) in [6.45, 7) is 0. The van der Waals surface area contributed by atoms with Gasteiger partial charge in [0.2, 0.25) is 0 Å². The summed E-state index contributed by atoms with van der Waals surface area (Å²) in [7, 11) is 0. The Labute approximate surface area is 118 Å². The standard InChI is InChI=1S/C18H18O2/c19-18(10-6-2-1-3-7-10)20-17-13-11-8-4-5-9-12(13)15-14(11)16(15)17/h1-7,11-17H,8-9H2/t11-,12?,13?,14?,15?,16?,17-/m1/s1. The van der Waals surface area contributed by atoms with Crippen LogP contribution in [-0.2, 0) is 4.74 Å². The molecule has 0 saturated heterocycles. The largest absolute Gasteiger partial charge is 0.458 e. The summed E-state index contributed by atoms with van der Waals surface area (Å²) in [6, 6.07) is 9.42. The van der Waals surface area contributed by atoms with Gasteiger partial charge in [-0.05, 0) is 48.6 Å². The summed E-state index contributed by atoms with van der Waals surface area (Å²) < 4.78 is 5.93. The van der Waals surface area contributed by atoms with E-state index in [4.69, 9.17) is 4.74 Å². The highest BCUT2D eigenvalue weighted by atomic mass is 16.5. The molecule has 4 fully saturated rings. The van der Waals surface area contributed by atoms with Crippen molar-refractivity contribution in [1.29, 1.82) is 0 Å². The fourth-order valence-electron chi connectivity index (χ4n) is 5.60. The van der Waals surface area contributed by atoms with Gasteiger partial charge in [0.15, 0.2) is 0 Å². The number of hydrogen-bond acceptors (Lipinski definition) is 2. The van der Waals surface area contributed by atoms with Crippen molar-refractivity contribution in [2.24, 2.45) is 35.5 Å². The summed E-state index contributed by atoms with van der Waals surface area (Å²) in [5.74, 6) is 4.51. The second kappa shape index (κ2) is 3.75. The van der Waals surface area contributed by atoms with Crippen molar-refractivity contribution >= 4 is 5.97 Å². The number of carbonyl (C=O) groups excluding carboxylic acids is 1. The predicted octanol–water partition coefficient (Wildman–Crippen LogP) is 3.30. The van der Waals surface area contributed by atoms with Gasteiger partial charge in [-0.15, -0.1) is 0 Å². The van der Waals surface area contributed by atoms with E-state index in [-0.39, 0.29) is 12.1 Å². The van der Waals surface area contributed by atoms with Crippen LogP contribution in [0.2, 0.25) is 0 Å². The van der Waals surface area contributed by atoms with E-state index < -0.39 is 0 Å². The van der Waals surface area contributed by atoms with E-state index in [1.807, 2.05) is 30.3 Å². The van der Waals surface area contributed by atoms with Crippen LogP contribution in [0.3, 0.4) is 0 Å². The van der Waals surface area contributed by atoms with Gasteiger partial charge in [0.05, 0.1) is 5.56 Å². The highest BCUT2D eigenvalue weighted by Crippen LogP contribution is 2.78. The Balaban J connectivity index is 1.39. The number of esters is 1. The molecule has 0 aromatic heterocycles. The number of benzene rings is 1. The fourth-order valence-corrected chi connectivity index (χ4v) is 5.60. The van der Waals surface area contributed by atoms with Gasteiger partial charge in [-0.1, -0.05) is 30.4 Å². The van der Waals surface area contributed by atoms with Gasteiger partial charge in [0.25, 0.3) is 0 Å². The van der Waals surface area contributed by atoms with Gasteiger partial charge >= 0.3 is 5.97 Å². The number of ether oxygens (including phenoxy) is 1. The van der Waals surface area contributed by atoms with E-state index in [1.54, 1.807) is 0 Å². The van der Waals surface area contributed by atoms with Crippen molar-refractivity contribution in [3.8, 4) is 0 Å². The minimum atomic E-state index is -0.126. The van der Waals surface area contributed by atoms with Crippen molar-refractivity contribution in [3.63, 3.8) is 0 Å². The second-order valence-electron chi connectivity index (χ2n) is 6.82. The summed E-state index contributed by atoms with van der Waals surface area (Å²) in [6.07, 6.45) is 7.32. The van der Waals surface area contributed by atoms with Crippen LogP contribution in [0.5, 0.6) is 0 Å². The maximum absolute atomic E-state index is 12.3. The van der Waals surface area contributed by atoms with Crippen LogP contribution in [0, 0.1) is 35.5 Å². The highest BCUT2D eigenvalue weighted by molar-refractivity contribution is 5.89. The van der Waals surface area contributed by atoms with Crippen LogP contribution in [0.1, 0.15) is 23.2 Å². The molecular weight excluding hydrogens is 248 g/mol. The molecule has 5 aliphatic rings. The van der Waals surface area contributed by atoms with Gasteiger partial charge in [-0.25, -0.2) is 4.79 Å². The maximum Gasteiger partial charge on any atom is 0.338 e. The van der Waals surface area contributed by atoms with Crippen LogP contribution in [0.25, 0.3) is 0 Å². The summed E-state index contributed by atoms with van der Waals surface area (Å²) >= 11 is 0. The summed E-state index contributed by atoms with van der Waals surface area (Å²) in [5.41, 5.74) is 0.690. The molecule has 20 heavy (non-hydrogen) atoms. The maximum atomic E-state index is 12.3. The molecule has 2 heteroatoms. The third kappa shape index (κ3) is 1.27. The van der Waals surface area contributed by atoms with Crippen LogP contribution in [-0.4, -0.2) is 12.1 Å². The zero-order chi connectivity index (χ0) is 13.3. The zero-order valence-corrected chi connectivity index (χ0v) is 11.3. The van der Waals surface area contributed by atoms with E-state index in [0.29, 0.717) is 17.4 Å². The first-order valence-electron chi connectivity index (χ1n) is 7.77. The summed E-state index contributed by atoms with van der Waals surface area (Å²) in [4.78, 5) is 12.3. The number of hydrogen-bond donors (Lipinski definition) is 0. The zero-order valence-electron chi connectivity index (χ0n) is 11.3. The molecule has 5 aliphatic carbocycles. The van der Waals surface area contributed by atoms with E-state index in [0.717, 1.165) is 23.7 Å². The first kappa shape index (κ1) is 11.1.